The number of carbonyl (C=O) groups is 1. The first-order valence-corrected chi connectivity index (χ1v) is 6.15. The quantitative estimate of drug-likeness (QED) is 0.749. The molecule has 0 radical (unpaired) electrons. The molecule has 1 aliphatic heterocycles. The summed E-state index contributed by atoms with van der Waals surface area (Å²) in [5.74, 6) is 0.193. The number of hydrogen-bond acceptors (Lipinski definition) is 2. The van der Waals surface area contributed by atoms with Crippen molar-refractivity contribution >= 4 is 12.0 Å². The highest BCUT2D eigenvalue weighted by molar-refractivity contribution is 5.84. The van der Waals surface area contributed by atoms with E-state index in [1.54, 1.807) is 6.07 Å². The number of halogens is 1. The van der Waals surface area contributed by atoms with Crippen molar-refractivity contribution in [3.05, 3.63) is 29.6 Å². The second-order valence-corrected chi connectivity index (χ2v) is 4.97. The molecule has 3 heteroatoms. The molecule has 0 aliphatic carbocycles. The fraction of sp³-hybridized carbons (Fsp3) is 0.500. The molecule has 0 bridgehead atoms. The highest BCUT2D eigenvalue weighted by atomic mass is 19.1. The van der Waals surface area contributed by atoms with Gasteiger partial charge in [-0.25, -0.2) is 4.39 Å². The molecule has 92 valence electrons. The molecule has 17 heavy (non-hydrogen) atoms. The molecule has 0 aromatic heterocycles. The molecule has 2 rings (SSSR count). The topological polar surface area (TPSA) is 20.3 Å². The molecule has 0 amide bonds. The standard InChI is InChI=1S/C14H18FNO/c1-10(2)13-4-3-7-16(13)14-6-5-12(15)8-11(14)9-17/h5-6,8-10,13H,3-4,7H2,1-2H3. The lowest BCUT2D eigenvalue weighted by Gasteiger charge is -2.30. The van der Waals surface area contributed by atoms with E-state index in [0.717, 1.165) is 31.4 Å². The maximum Gasteiger partial charge on any atom is 0.152 e. The Balaban J connectivity index is 2.36. The van der Waals surface area contributed by atoms with E-state index in [4.69, 9.17) is 0 Å². The number of nitrogens with zero attached hydrogens (tertiary/aromatic N) is 1. The van der Waals surface area contributed by atoms with Crippen LogP contribution in [-0.2, 0) is 0 Å². The molecule has 1 aliphatic rings. The predicted molar refractivity (Wildman–Crippen MR) is 67.0 cm³/mol. The third kappa shape index (κ3) is 2.33. The Kier molecular flexibility index (Phi) is 3.46. The first-order valence-electron chi connectivity index (χ1n) is 6.15. The summed E-state index contributed by atoms with van der Waals surface area (Å²) in [6.45, 7) is 5.33. The Hall–Kier alpha value is -1.38. The molecule has 0 N–H and O–H groups in total. The summed E-state index contributed by atoms with van der Waals surface area (Å²) in [5.41, 5.74) is 1.33. The summed E-state index contributed by atoms with van der Waals surface area (Å²) in [6, 6.07) is 4.93. The van der Waals surface area contributed by atoms with E-state index in [9.17, 15) is 9.18 Å². The zero-order valence-corrected chi connectivity index (χ0v) is 10.3. The first-order chi connectivity index (χ1) is 8.13. The molecular formula is C14H18FNO. The van der Waals surface area contributed by atoms with E-state index in [-0.39, 0.29) is 5.82 Å². The summed E-state index contributed by atoms with van der Waals surface area (Å²) in [4.78, 5) is 13.3. The monoisotopic (exact) mass is 235 g/mol. The van der Waals surface area contributed by atoms with Crippen LogP contribution in [-0.4, -0.2) is 18.9 Å². The van der Waals surface area contributed by atoms with Crippen LogP contribution in [0.3, 0.4) is 0 Å². The molecule has 1 aromatic carbocycles. The SMILES string of the molecule is CC(C)C1CCCN1c1ccc(F)cc1C=O. The Bertz CT molecular complexity index is 417. The van der Waals surface area contributed by atoms with Crippen LogP contribution in [0.2, 0.25) is 0 Å². The molecule has 1 heterocycles. The average Bonchev–Trinajstić information content (AvgIpc) is 2.77. The van der Waals surface area contributed by atoms with Gasteiger partial charge in [0.2, 0.25) is 0 Å². The third-order valence-electron chi connectivity index (χ3n) is 3.49. The van der Waals surface area contributed by atoms with E-state index in [0.29, 0.717) is 17.5 Å². The van der Waals surface area contributed by atoms with E-state index in [1.165, 1.54) is 12.1 Å². The molecule has 1 aromatic rings. The predicted octanol–water partition coefficient (Wildman–Crippen LogP) is 3.26. The van der Waals surface area contributed by atoms with Crippen LogP contribution >= 0.6 is 0 Å². The third-order valence-corrected chi connectivity index (χ3v) is 3.49. The maximum atomic E-state index is 13.1. The number of carbonyl (C=O) groups excluding carboxylic acids is 1. The average molecular weight is 235 g/mol. The van der Waals surface area contributed by atoms with Crippen molar-refractivity contribution in [1.29, 1.82) is 0 Å². The number of benzene rings is 1. The summed E-state index contributed by atoms with van der Waals surface area (Å²) < 4.78 is 13.1. The Morgan fingerprint density at radius 2 is 2.24 bits per heavy atom. The highest BCUT2D eigenvalue weighted by Gasteiger charge is 2.28. The summed E-state index contributed by atoms with van der Waals surface area (Å²) >= 11 is 0. The molecule has 0 saturated carbocycles. The van der Waals surface area contributed by atoms with Gasteiger partial charge < -0.3 is 4.90 Å². The van der Waals surface area contributed by atoms with Gasteiger partial charge in [-0.3, -0.25) is 4.79 Å². The van der Waals surface area contributed by atoms with Gasteiger partial charge in [-0.2, -0.15) is 0 Å². The van der Waals surface area contributed by atoms with Gasteiger partial charge in [0.25, 0.3) is 0 Å². The van der Waals surface area contributed by atoms with Gasteiger partial charge >= 0.3 is 0 Å². The smallest absolute Gasteiger partial charge is 0.152 e. The molecule has 1 unspecified atom stereocenters. The minimum Gasteiger partial charge on any atom is -0.368 e. The van der Waals surface area contributed by atoms with E-state index < -0.39 is 0 Å². The van der Waals surface area contributed by atoms with Crippen LogP contribution in [0.25, 0.3) is 0 Å². The van der Waals surface area contributed by atoms with Gasteiger partial charge in [-0.1, -0.05) is 13.8 Å². The Morgan fingerprint density at radius 1 is 1.47 bits per heavy atom. The number of rotatable bonds is 3. The van der Waals surface area contributed by atoms with Gasteiger partial charge in [0.1, 0.15) is 5.82 Å². The minimum absolute atomic E-state index is 0.351. The Labute approximate surface area is 101 Å². The van der Waals surface area contributed by atoms with Crippen molar-refractivity contribution in [3.63, 3.8) is 0 Å². The van der Waals surface area contributed by atoms with Crippen LogP contribution in [0.15, 0.2) is 18.2 Å². The maximum absolute atomic E-state index is 13.1. The summed E-state index contributed by atoms with van der Waals surface area (Å²) in [5, 5.41) is 0. The molecule has 0 spiro atoms. The molecule has 1 saturated heterocycles. The van der Waals surface area contributed by atoms with E-state index in [2.05, 4.69) is 18.7 Å². The Morgan fingerprint density at radius 3 is 2.88 bits per heavy atom. The molecule has 1 atom stereocenters. The van der Waals surface area contributed by atoms with E-state index in [1.807, 2.05) is 0 Å². The van der Waals surface area contributed by atoms with Gasteiger partial charge in [0, 0.05) is 23.8 Å². The van der Waals surface area contributed by atoms with Gasteiger partial charge in [0.15, 0.2) is 6.29 Å². The number of hydrogen-bond donors (Lipinski definition) is 0. The fourth-order valence-corrected chi connectivity index (χ4v) is 2.67. The fourth-order valence-electron chi connectivity index (χ4n) is 2.67. The highest BCUT2D eigenvalue weighted by Crippen LogP contribution is 2.31. The zero-order valence-electron chi connectivity index (χ0n) is 10.3. The van der Waals surface area contributed by atoms with Crippen LogP contribution in [0.5, 0.6) is 0 Å². The van der Waals surface area contributed by atoms with Crippen molar-refractivity contribution in [1.82, 2.24) is 0 Å². The molecule has 2 nitrogen and oxygen atoms in total. The van der Waals surface area contributed by atoms with Crippen molar-refractivity contribution in [2.75, 3.05) is 11.4 Å². The van der Waals surface area contributed by atoms with Crippen LogP contribution in [0.4, 0.5) is 10.1 Å². The van der Waals surface area contributed by atoms with Crippen molar-refractivity contribution in [2.24, 2.45) is 5.92 Å². The lowest BCUT2D eigenvalue weighted by molar-refractivity contribution is 0.112. The van der Waals surface area contributed by atoms with E-state index >= 15 is 0 Å². The zero-order chi connectivity index (χ0) is 12.4. The number of aldehydes is 1. The second kappa shape index (κ2) is 4.86. The lowest BCUT2D eigenvalue weighted by Crippen LogP contribution is -2.34. The van der Waals surface area contributed by atoms with Crippen molar-refractivity contribution < 1.29 is 9.18 Å². The van der Waals surface area contributed by atoms with Gasteiger partial charge in [0.05, 0.1) is 0 Å². The molecular weight excluding hydrogens is 217 g/mol. The van der Waals surface area contributed by atoms with Crippen LogP contribution < -0.4 is 4.90 Å². The van der Waals surface area contributed by atoms with Gasteiger partial charge in [-0.05, 0) is 37.0 Å². The number of anilines is 1. The van der Waals surface area contributed by atoms with Crippen molar-refractivity contribution in [2.45, 2.75) is 32.7 Å². The minimum atomic E-state index is -0.351. The first kappa shape index (κ1) is 12.1. The lowest BCUT2D eigenvalue weighted by atomic mass is 10.0. The van der Waals surface area contributed by atoms with Crippen LogP contribution in [0.1, 0.15) is 37.0 Å². The largest absolute Gasteiger partial charge is 0.368 e. The molecule has 1 fully saturated rings. The normalized spacial score (nSPS) is 20.0. The summed E-state index contributed by atoms with van der Waals surface area (Å²) in [7, 11) is 0. The van der Waals surface area contributed by atoms with Gasteiger partial charge in [-0.15, -0.1) is 0 Å². The summed E-state index contributed by atoms with van der Waals surface area (Å²) in [6.07, 6.45) is 3.03. The van der Waals surface area contributed by atoms with Crippen molar-refractivity contribution in [3.8, 4) is 0 Å². The van der Waals surface area contributed by atoms with Crippen LogP contribution in [0, 0.1) is 11.7 Å². The second-order valence-electron chi connectivity index (χ2n) is 4.97.